The maximum absolute atomic E-state index is 13.1. The number of hydrogen-bond donors (Lipinski definition) is 3. The number of hydrogen-bond acceptors (Lipinski definition) is 5. The molecule has 0 aliphatic rings. The van der Waals surface area contributed by atoms with Crippen LogP contribution in [0.5, 0.6) is 0 Å². The Morgan fingerprint density at radius 3 is 1.32 bits per heavy atom. The van der Waals surface area contributed by atoms with E-state index < -0.39 is 18.2 Å². The van der Waals surface area contributed by atoms with Crippen molar-refractivity contribution in [1.82, 2.24) is 5.32 Å². The zero-order valence-electron chi connectivity index (χ0n) is 37.5. The van der Waals surface area contributed by atoms with Crippen LogP contribution in [0.15, 0.2) is 24.3 Å². The summed E-state index contributed by atoms with van der Waals surface area (Å²) in [4.78, 5) is 26.0. The molecule has 0 radical (unpaired) electrons. The summed E-state index contributed by atoms with van der Waals surface area (Å²) in [5.74, 6) is -0.484. The van der Waals surface area contributed by atoms with E-state index in [-0.39, 0.29) is 24.9 Å². The number of aliphatic hydroxyl groups excluding tert-OH is 2. The molecular weight excluding hydrogens is 695 g/mol. The fourth-order valence-electron chi connectivity index (χ4n) is 7.54. The molecule has 0 aromatic rings. The summed E-state index contributed by atoms with van der Waals surface area (Å²) in [5.41, 5.74) is 0. The fraction of sp³-hybridized carbons (Fsp3) is 0.880. The quantitative estimate of drug-likeness (QED) is 0.0324. The maximum Gasteiger partial charge on any atom is 0.306 e. The molecule has 0 heterocycles. The molecule has 0 saturated heterocycles. The van der Waals surface area contributed by atoms with Gasteiger partial charge in [-0.05, 0) is 51.4 Å². The number of unbranched alkanes of at least 4 members (excludes halogenated alkanes) is 29. The van der Waals surface area contributed by atoms with E-state index in [0.717, 1.165) is 57.8 Å². The van der Waals surface area contributed by atoms with Crippen LogP contribution in [0.4, 0.5) is 0 Å². The number of allylic oxidation sites excluding steroid dienone is 4. The number of carbonyl (C=O) groups excluding carboxylic acids is 2. The lowest BCUT2D eigenvalue weighted by molar-refractivity contribution is -0.151. The van der Waals surface area contributed by atoms with Crippen LogP contribution in [0.25, 0.3) is 0 Å². The summed E-state index contributed by atoms with van der Waals surface area (Å²) in [6.07, 6.45) is 49.6. The topological polar surface area (TPSA) is 95.9 Å². The highest BCUT2D eigenvalue weighted by molar-refractivity contribution is 5.77. The summed E-state index contributed by atoms with van der Waals surface area (Å²) in [6, 6.07) is -0.697. The molecule has 0 spiro atoms. The van der Waals surface area contributed by atoms with Gasteiger partial charge in [0, 0.05) is 6.42 Å². The van der Waals surface area contributed by atoms with Crippen LogP contribution in [-0.4, -0.2) is 46.9 Å². The molecular formula is C50H95NO5. The lowest BCUT2D eigenvalue weighted by Gasteiger charge is -2.24. The number of amides is 1. The summed E-state index contributed by atoms with van der Waals surface area (Å²) in [5, 5.41) is 23.6. The second-order valence-corrected chi connectivity index (χ2v) is 16.9. The zero-order chi connectivity index (χ0) is 41.0. The molecule has 0 aromatic carbocycles. The van der Waals surface area contributed by atoms with E-state index in [4.69, 9.17) is 4.74 Å². The normalized spacial score (nSPS) is 13.4. The van der Waals surface area contributed by atoms with Crippen molar-refractivity contribution in [2.24, 2.45) is 0 Å². The number of ether oxygens (including phenoxy) is 1. The third-order valence-corrected chi connectivity index (χ3v) is 11.3. The molecule has 6 heteroatoms. The molecule has 0 fully saturated rings. The Morgan fingerprint density at radius 2 is 0.893 bits per heavy atom. The Balaban J connectivity index is 4.47. The monoisotopic (exact) mass is 790 g/mol. The standard InChI is InChI=1S/C50H95NO5/c1-4-7-10-13-16-19-21-22-23-24-25-26-27-28-31-34-37-40-43-50(55)56-46(41-38-35-32-29-18-15-12-9-6-3)44-49(54)51-47(45-52)48(53)42-39-36-33-30-20-17-14-11-8-5-2/h23-26,46-48,52-53H,4-22,27-45H2,1-3H3,(H,51,54)/b24-23+,26-25+. The maximum atomic E-state index is 13.1. The van der Waals surface area contributed by atoms with Crippen LogP contribution >= 0.6 is 0 Å². The Hall–Kier alpha value is -1.66. The Morgan fingerprint density at radius 1 is 0.518 bits per heavy atom. The van der Waals surface area contributed by atoms with Gasteiger partial charge in [-0.3, -0.25) is 9.59 Å². The minimum Gasteiger partial charge on any atom is -0.462 e. The Kier molecular flexibility index (Phi) is 43.1. The second-order valence-electron chi connectivity index (χ2n) is 16.9. The number of rotatable bonds is 44. The van der Waals surface area contributed by atoms with Crippen LogP contribution in [0, 0.1) is 0 Å². The summed E-state index contributed by atoms with van der Waals surface area (Å²) >= 11 is 0. The third-order valence-electron chi connectivity index (χ3n) is 11.3. The van der Waals surface area contributed by atoms with Gasteiger partial charge in [0.2, 0.25) is 5.91 Å². The van der Waals surface area contributed by atoms with Crippen LogP contribution < -0.4 is 5.32 Å². The largest absolute Gasteiger partial charge is 0.462 e. The highest BCUT2D eigenvalue weighted by Crippen LogP contribution is 2.18. The van der Waals surface area contributed by atoms with Crippen LogP contribution in [0.3, 0.4) is 0 Å². The predicted molar refractivity (Wildman–Crippen MR) is 241 cm³/mol. The van der Waals surface area contributed by atoms with Gasteiger partial charge in [0.1, 0.15) is 6.10 Å². The highest BCUT2D eigenvalue weighted by Gasteiger charge is 2.24. The van der Waals surface area contributed by atoms with E-state index in [1.165, 1.54) is 154 Å². The molecule has 6 nitrogen and oxygen atoms in total. The molecule has 330 valence electrons. The smallest absolute Gasteiger partial charge is 0.306 e. The minimum atomic E-state index is -0.784. The fourth-order valence-corrected chi connectivity index (χ4v) is 7.54. The van der Waals surface area contributed by atoms with Crippen molar-refractivity contribution >= 4 is 11.9 Å². The van der Waals surface area contributed by atoms with E-state index in [0.29, 0.717) is 19.3 Å². The van der Waals surface area contributed by atoms with Crippen molar-refractivity contribution in [3.05, 3.63) is 24.3 Å². The number of esters is 1. The molecule has 3 unspecified atom stereocenters. The Labute approximate surface area is 348 Å². The summed E-state index contributed by atoms with van der Waals surface area (Å²) < 4.78 is 5.90. The minimum absolute atomic E-state index is 0.0755. The highest BCUT2D eigenvalue weighted by atomic mass is 16.5. The third kappa shape index (κ3) is 39.2. The average molecular weight is 790 g/mol. The first-order valence-corrected chi connectivity index (χ1v) is 24.6. The van der Waals surface area contributed by atoms with Gasteiger partial charge in [0.05, 0.1) is 25.2 Å². The van der Waals surface area contributed by atoms with Gasteiger partial charge in [-0.1, -0.05) is 218 Å². The first-order chi connectivity index (χ1) is 27.5. The van der Waals surface area contributed by atoms with Gasteiger partial charge in [-0.25, -0.2) is 0 Å². The van der Waals surface area contributed by atoms with Crippen LogP contribution in [-0.2, 0) is 14.3 Å². The van der Waals surface area contributed by atoms with Crippen molar-refractivity contribution in [3.8, 4) is 0 Å². The van der Waals surface area contributed by atoms with E-state index in [2.05, 4.69) is 50.4 Å². The zero-order valence-corrected chi connectivity index (χ0v) is 37.5. The molecule has 0 bridgehead atoms. The molecule has 3 atom stereocenters. The molecule has 0 saturated carbocycles. The van der Waals surface area contributed by atoms with E-state index in [1.54, 1.807) is 0 Å². The van der Waals surface area contributed by atoms with Crippen molar-refractivity contribution in [3.63, 3.8) is 0 Å². The summed E-state index contributed by atoms with van der Waals surface area (Å²) in [6.45, 7) is 6.45. The van der Waals surface area contributed by atoms with Crippen molar-refractivity contribution < 1.29 is 24.5 Å². The SMILES string of the molecule is CCCCCCCCC/C=C/C=C/CCCCCCCC(=O)OC(CCCCCCCCCCC)CC(=O)NC(CO)C(O)CCCCCCCCCCCC. The van der Waals surface area contributed by atoms with Crippen molar-refractivity contribution in [2.75, 3.05) is 6.61 Å². The first kappa shape index (κ1) is 54.3. The van der Waals surface area contributed by atoms with Crippen LogP contribution in [0.2, 0.25) is 0 Å². The van der Waals surface area contributed by atoms with E-state index >= 15 is 0 Å². The second kappa shape index (κ2) is 44.4. The van der Waals surface area contributed by atoms with Gasteiger partial charge in [-0.15, -0.1) is 0 Å². The van der Waals surface area contributed by atoms with Gasteiger partial charge < -0.3 is 20.3 Å². The van der Waals surface area contributed by atoms with E-state index in [9.17, 15) is 19.8 Å². The van der Waals surface area contributed by atoms with Gasteiger partial charge >= 0.3 is 5.97 Å². The van der Waals surface area contributed by atoms with Gasteiger partial charge in [0.15, 0.2) is 0 Å². The molecule has 56 heavy (non-hydrogen) atoms. The molecule has 0 aromatic heterocycles. The predicted octanol–water partition coefficient (Wildman–Crippen LogP) is 14.3. The lowest BCUT2D eigenvalue weighted by Crippen LogP contribution is -2.46. The summed E-state index contributed by atoms with van der Waals surface area (Å²) in [7, 11) is 0. The van der Waals surface area contributed by atoms with Gasteiger partial charge in [0.25, 0.3) is 0 Å². The lowest BCUT2D eigenvalue weighted by atomic mass is 10.0. The first-order valence-electron chi connectivity index (χ1n) is 24.6. The van der Waals surface area contributed by atoms with Crippen molar-refractivity contribution in [2.45, 2.75) is 277 Å². The molecule has 3 N–H and O–H groups in total. The number of carbonyl (C=O) groups is 2. The molecule has 0 rings (SSSR count). The Bertz CT molecular complexity index is 889. The molecule has 0 aliphatic heterocycles. The van der Waals surface area contributed by atoms with Gasteiger partial charge in [-0.2, -0.15) is 0 Å². The van der Waals surface area contributed by atoms with Crippen LogP contribution in [0.1, 0.15) is 258 Å². The van der Waals surface area contributed by atoms with E-state index in [1.807, 2.05) is 0 Å². The average Bonchev–Trinajstić information content (AvgIpc) is 3.19. The molecule has 0 aliphatic carbocycles. The number of nitrogens with one attached hydrogen (secondary N) is 1. The number of aliphatic hydroxyl groups is 2. The molecule has 1 amide bonds. The van der Waals surface area contributed by atoms with Crippen molar-refractivity contribution in [1.29, 1.82) is 0 Å².